The van der Waals surface area contributed by atoms with Gasteiger partial charge in [-0.3, -0.25) is 4.79 Å². The molecule has 0 spiro atoms. The van der Waals surface area contributed by atoms with Gasteiger partial charge >= 0.3 is 0 Å². The minimum Gasteiger partial charge on any atom is -0.472 e. The molecule has 1 aliphatic heterocycles. The Hall–Kier alpha value is -1.66. The van der Waals surface area contributed by atoms with Crippen LogP contribution < -0.4 is 5.32 Å². The summed E-state index contributed by atoms with van der Waals surface area (Å²) in [6, 6.07) is 1.93. The number of hydrogen-bond donors (Lipinski definition) is 1. The van der Waals surface area contributed by atoms with Crippen molar-refractivity contribution < 1.29 is 13.9 Å². The summed E-state index contributed by atoms with van der Waals surface area (Å²) in [7, 11) is 0. The fourth-order valence-electron chi connectivity index (χ4n) is 2.01. The number of thiazole rings is 1. The molecule has 1 amide bonds. The number of aromatic nitrogens is 1. The van der Waals surface area contributed by atoms with E-state index in [9.17, 15) is 4.79 Å². The molecular formula is C13H14N2O3S. The number of rotatable bonds is 3. The highest BCUT2D eigenvalue weighted by molar-refractivity contribution is 7.13. The zero-order valence-corrected chi connectivity index (χ0v) is 11.1. The van der Waals surface area contributed by atoms with Crippen LogP contribution in [0.4, 0.5) is 0 Å². The van der Waals surface area contributed by atoms with Crippen molar-refractivity contribution in [1.82, 2.24) is 10.3 Å². The molecule has 0 bridgehead atoms. The van der Waals surface area contributed by atoms with E-state index in [1.165, 1.54) is 11.3 Å². The number of amides is 1. The number of hydrogen-bond acceptors (Lipinski definition) is 5. The van der Waals surface area contributed by atoms with Gasteiger partial charge in [0.1, 0.15) is 17.0 Å². The maximum atomic E-state index is 12.0. The summed E-state index contributed by atoms with van der Waals surface area (Å²) in [4.78, 5) is 16.4. The number of nitrogens with one attached hydrogen (secondary N) is 1. The van der Waals surface area contributed by atoms with Crippen LogP contribution in [-0.4, -0.2) is 30.1 Å². The van der Waals surface area contributed by atoms with Crippen LogP contribution in [0.5, 0.6) is 0 Å². The highest BCUT2D eigenvalue weighted by atomic mass is 32.1. The Morgan fingerprint density at radius 2 is 2.47 bits per heavy atom. The molecule has 1 atom stereocenters. The lowest BCUT2D eigenvalue weighted by atomic mass is 10.1. The Kier molecular flexibility index (Phi) is 3.61. The summed E-state index contributed by atoms with van der Waals surface area (Å²) in [6.45, 7) is 1.37. The summed E-state index contributed by atoms with van der Waals surface area (Å²) >= 11 is 1.43. The van der Waals surface area contributed by atoms with E-state index in [-0.39, 0.29) is 11.9 Å². The minimum atomic E-state index is -0.138. The summed E-state index contributed by atoms with van der Waals surface area (Å²) in [5.74, 6) is -0.138. The van der Waals surface area contributed by atoms with Crippen LogP contribution in [0.2, 0.25) is 0 Å². The van der Waals surface area contributed by atoms with Crippen LogP contribution in [0.15, 0.2) is 28.4 Å². The standard InChI is InChI=1S/C13H14N2O3S/c16-12(14-10-2-1-4-17-7-10)11-8-19-13(15-11)9-3-5-18-6-9/h3,5-6,8,10H,1-2,4,7H2,(H,14,16). The van der Waals surface area contributed by atoms with Crippen molar-refractivity contribution in [1.29, 1.82) is 0 Å². The van der Waals surface area contributed by atoms with E-state index in [1.807, 2.05) is 6.07 Å². The highest BCUT2D eigenvalue weighted by Crippen LogP contribution is 2.24. The molecule has 5 nitrogen and oxygen atoms in total. The van der Waals surface area contributed by atoms with Crippen LogP contribution in [0.3, 0.4) is 0 Å². The lowest BCUT2D eigenvalue weighted by molar-refractivity contribution is 0.0622. The van der Waals surface area contributed by atoms with Crippen molar-refractivity contribution in [2.24, 2.45) is 0 Å². The van der Waals surface area contributed by atoms with E-state index in [2.05, 4.69) is 10.3 Å². The SMILES string of the molecule is O=C(NC1CCCOC1)c1csc(-c2ccoc2)n1. The first-order valence-corrected chi connectivity index (χ1v) is 7.07. The molecule has 3 rings (SSSR count). The molecule has 100 valence electrons. The van der Waals surface area contributed by atoms with Gasteiger partial charge < -0.3 is 14.5 Å². The summed E-state index contributed by atoms with van der Waals surface area (Å²) in [6.07, 6.45) is 5.16. The molecule has 19 heavy (non-hydrogen) atoms. The number of carbonyl (C=O) groups is 1. The highest BCUT2D eigenvalue weighted by Gasteiger charge is 2.19. The first-order chi connectivity index (χ1) is 9.33. The van der Waals surface area contributed by atoms with E-state index in [1.54, 1.807) is 17.9 Å². The maximum Gasteiger partial charge on any atom is 0.271 e. The van der Waals surface area contributed by atoms with Crippen LogP contribution in [0.1, 0.15) is 23.3 Å². The third-order valence-corrected chi connectivity index (χ3v) is 3.89. The first kappa shape index (κ1) is 12.4. The molecule has 2 aromatic rings. The molecule has 6 heteroatoms. The van der Waals surface area contributed by atoms with E-state index in [0.717, 1.165) is 30.0 Å². The summed E-state index contributed by atoms with van der Waals surface area (Å²) in [5, 5.41) is 5.51. The van der Waals surface area contributed by atoms with Gasteiger partial charge in [-0.15, -0.1) is 11.3 Å². The number of nitrogens with zero attached hydrogens (tertiary/aromatic N) is 1. The third kappa shape index (κ3) is 2.85. The van der Waals surface area contributed by atoms with Gasteiger partial charge in [-0.1, -0.05) is 0 Å². The largest absolute Gasteiger partial charge is 0.472 e. The Balaban J connectivity index is 1.67. The second-order valence-corrected chi connectivity index (χ2v) is 5.30. The maximum absolute atomic E-state index is 12.0. The monoisotopic (exact) mass is 278 g/mol. The van der Waals surface area contributed by atoms with Gasteiger partial charge in [0, 0.05) is 17.6 Å². The van der Waals surface area contributed by atoms with Crippen LogP contribution in [0.25, 0.3) is 10.6 Å². The molecule has 0 aromatic carbocycles. The Bertz CT molecular complexity index is 544. The Morgan fingerprint density at radius 1 is 1.53 bits per heavy atom. The van der Waals surface area contributed by atoms with Gasteiger partial charge in [-0.25, -0.2) is 4.98 Å². The van der Waals surface area contributed by atoms with E-state index < -0.39 is 0 Å². The molecule has 0 saturated carbocycles. The molecular weight excluding hydrogens is 264 g/mol. The number of carbonyl (C=O) groups excluding carboxylic acids is 1. The van der Waals surface area contributed by atoms with Crippen LogP contribution in [-0.2, 0) is 4.74 Å². The van der Waals surface area contributed by atoms with E-state index >= 15 is 0 Å². The summed E-state index contributed by atoms with van der Waals surface area (Å²) < 4.78 is 10.3. The van der Waals surface area contributed by atoms with Crippen molar-refractivity contribution in [2.75, 3.05) is 13.2 Å². The van der Waals surface area contributed by atoms with E-state index in [4.69, 9.17) is 9.15 Å². The average Bonchev–Trinajstić information content (AvgIpc) is 3.11. The molecule has 1 fully saturated rings. The minimum absolute atomic E-state index is 0.0975. The van der Waals surface area contributed by atoms with E-state index in [0.29, 0.717) is 12.3 Å². The quantitative estimate of drug-likeness (QED) is 0.935. The van der Waals surface area contributed by atoms with Gasteiger partial charge in [0.25, 0.3) is 5.91 Å². The van der Waals surface area contributed by atoms with Crippen LogP contribution in [0, 0.1) is 0 Å². The third-order valence-electron chi connectivity index (χ3n) is 3.00. The lowest BCUT2D eigenvalue weighted by Gasteiger charge is -2.22. The topological polar surface area (TPSA) is 64.4 Å². The van der Waals surface area contributed by atoms with Crippen molar-refractivity contribution in [3.8, 4) is 10.6 Å². The van der Waals surface area contributed by atoms with Crippen molar-refractivity contribution >= 4 is 17.2 Å². The predicted molar refractivity (Wildman–Crippen MR) is 71.1 cm³/mol. The molecule has 1 N–H and O–H groups in total. The second kappa shape index (κ2) is 5.54. The average molecular weight is 278 g/mol. The van der Waals surface area contributed by atoms with Gasteiger partial charge in [-0.05, 0) is 18.9 Å². The fraction of sp³-hybridized carbons (Fsp3) is 0.385. The molecule has 3 heterocycles. The molecule has 1 aliphatic rings. The van der Waals surface area contributed by atoms with Gasteiger partial charge in [0.15, 0.2) is 0 Å². The van der Waals surface area contributed by atoms with Crippen molar-refractivity contribution in [3.63, 3.8) is 0 Å². The number of ether oxygens (including phenoxy) is 1. The van der Waals surface area contributed by atoms with Gasteiger partial charge in [0.05, 0.1) is 18.9 Å². The number of furan rings is 1. The van der Waals surface area contributed by atoms with Crippen LogP contribution >= 0.6 is 11.3 Å². The molecule has 1 saturated heterocycles. The molecule has 0 radical (unpaired) electrons. The zero-order chi connectivity index (χ0) is 13.1. The first-order valence-electron chi connectivity index (χ1n) is 6.19. The van der Waals surface area contributed by atoms with Crippen molar-refractivity contribution in [3.05, 3.63) is 29.7 Å². The summed E-state index contributed by atoms with van der Waals surface area (Å²) in [5.41, 5.74) is 1.34. The lowest BCUT2D eigenvalue weighted by Crippen LogP contribution is -2.40. The Morgan fingerprint density at radius 3 is 3.21 bits per heavy atom. The molecule has 0 aliphatic carbocycles. The fourth-order valence-corrected chi connectivity index (χ4v) is 2.80. The molecule has 2 aromatic heterocycles. The van der Waals surface area contributed by atoms with Crippen molar-refractivity contribution in [2.45, 2.75) is 18.9 Å². The Labute approximate surface area is 114 Å². The smallest absolute Gasteiger partial charge is 0.271 e. The second-order valence-electron chi connectivity index (χ2n) is 4.44. The molecule has 1 unspecified atom stereocenters. The zero-order valence-electron chi connectivity index (χ0n) is 10.3. The van der Waals surface area contributed by atoms with Gasteiger partial charge in [-0.2, -0.15) is 0 Å². The predicted octanol–water partition coefficient (Wildman–Crippen LogP) is 2.31. The van der Waals surface area contributed by atoms with Gasteiger partial charge in [0.2, 0.25) is 0 Å². The normalized spacial score (nSPS) is 19.3.